The SMILES string of the molecule is C=CCC(NN)c1cccc2nccnc12. The third-order valence-corrected chi connectivity index (χ3v) is 2.51. The predicted molar refractivity (Wildman–Crippen MR) is 64.4 cm³/mol. The van der Waals surface area contributed by atoms with E-state index in [1.807, 2.05) is 24.3 Å². The predicted octanol–water partition coefficient (Wildman–Crippen LogP) is 1.71. The van der Waals surface area contributed by atoms with Gasteiger partial charge in [-0.2, -0.15) is 0 Å². The average molecular weight is 214 g/mol. The van der Waals surface area contributed by atoms with E-state index < -0.39 is 0 Å². The number of para-hydroxylation sites is 1. The second-order valence-electron chi connectivity index (χ2n) is 3.51. The van der Waals surface area contributed by atoms with Gasteiger partial charge in [0.05, 0.1) is 17.1 Å². The Morgan fingerprint density at radius 2 is 2.19 bits per heavy atom. The molecule has 16 heavy (non-hydrogen) atoms. The molecule has 1 heterocycles. The molecule has 0 saturated heterocycles. The van der Waals surface area contributed by atoms with Crippen LogP contribution in [0.2, 0.25) is 0 Å². The summed E-state index contributed by atoms with van der Waals surface area (Å²) in [6, 6.07) is 5.93. The van der Waals surface area contributed by atoms with Crippen molar-refractivity contribution in [1.29, 1.82) is 0 Å². The number of nitrogens with zero attached hydrogens (tertiary/aromatic N) is 2. The summed E-state index contributed by atoms with van der Waals surface area (Å²) in [4.78, 5) is 8.60. The highest BCUT2D eigenvalue weighted by Gasteiger charge is 2.12. The number of hydrogen-bond acceptors (Lipinski definition) is 4. The monoisotopic (exact) mass is 214 g/mol. The number of fused-ring (bicyclic) bond motifs is 1. The molecular formula is C12H14N4. The fourth-order valence-electron chi connectivity index (χ4n) is 1.75. The van der Waals surface area contributed by atoms with Crippen LogP contribution in [0, 0.1) is 0 Å². The summed E-state index contributed by atoms with van der Waals surface area (Å²) in [5.41, 5.74) is 5.58. The largest absolute Gasteiger partial charge is 0.271 e. The van der Waals surface area contributed by atoms with Gasteiger partial charge < -0.3 is 0 Å². The Balaban J connectivity index is 2.54. The highest BCUT2D eigenvalue weighted by atomic mass is 15.2. The third-order valence-electron chi connectivity index (χ3n) is 2.51. The highest BCUT2D eigenvalue weighted by molar-refractivity contribution is 5.78. The lowest BCUT2D eigenvalue weighted by Gasteiger charge is -2.15. The van der Waals surface area contributed by atoms with Gasteiger partial charge in [0, 0.05) is 12.4 Å². The molecule has 0 amide bonds. The molecule has 0 saturated carbocycles. The second-order valence-corrected chi connectivity index (χ2v) is 3.51. The summed E-state index contributed by atoms with van der Waals surface area (Å²) >= 11 is 0. The van der Waals surface area contributed by atoms with E-state index in [0.717, 1.165) is 23.0 Å². The van der Waals surface area contributed by atoms with Crippen LogP contribution in [0.5, 0.6) is 0 Å². The zero-order valence-electron chi connectivity index (χ0n) is 8.93. The molecule has 2 rings (SSSR count). The Labute approximate surface area is 94.2 Å². The van der Waals surface area contributed by atoms with E-state index in [1.54, 1.807) is 12.4 Å². The summed E-state index contributed by atoms with van der Waals surface area (Å²) in [5, 5.41) is 0. The zero-order valence-corrected chi connectivity index (χ0v) is 8.93. The third kappa shape index (κ3) is 1.93. The lowest BCUT2D eigenvalue weighted by atomic mass is 10.0. The number of rotatable bonds is 4. The maximum atomic E-state index is 5.54. The summed E-state index contributed by atoms with van der Waals surface area (Å²) in [6.45, 7) is 3.72. The number of hydrazine groups is 1. The van der Waals surface area contributed by atoms with Crippen LogP contribution < -0.4 is 11.3 Å². The van der Waals surface area contributed by atoms with Crippen molar-refractivity contribution in [2.45, 2.75) is 12.5 Å². The Kier molecular flexibility index (Phi) is 3.24. The minimum absolute atomic E-state index is 0.0258. The van der Waals surface area contributed by atoms with Gasteiger partial charge in [-0.15, -0.1) is 6.58 Å². The minimum atomic E-state index is 0.0258. The van der Waals surface area contributed by atoms with Crippen LogP contribution in [0.1, 0.15) is 18.0 Å². The molecule has 0 bridgehead atoms. The van der Waals surface area contributed by atoms with Crippen molar-refractivity contribution in [3.05, 3.63) is 48.8 Å². The Morgan fingerprint density at radius 3 is 2.94 bits per heavy atom. The minimum Gasteiger partial charge on any atom is -0.271 e. The van der Waals surface area contributed by atoms with Crippen LogP contribution in [-0.4, -0.2) is 9.97 Å². The molecule has 0 fully saturated rings. The Hall–Kier alpha value is -1.78. The summed E-state index contributed by atoms with van der Waals surface area (Å²) in [7, 11) is 0. The molecule has 2 aromatic rings. The van der Waals surface area contributed by atoms with Crippen molar-refractivity contribution in [3.63, 3.8) is 0 Å². The van der Waals surface area contributed by atoms with Gasteiger partial charge >= 0.3 is 0 Å². The molecule has 0 aliphatic rings. The van der Waals surface area contributed by atoms with Crippen molar-refractivity contribution in [2.24, 2.45) is 5.84 Å². The molecular weight excluding hydrogens is 200 g/mol. The Morgan fingerprint density at radius 1 is 1.38 bits per heavy atom. The van der Waals surface area contributed by atoms with Crippen molar-refractivity contribution in [2.75, 3.05) is 0 Å². The molecule has 4 nitrogen and oxygen atoms in total. The summed E-state index contributed by atoms with van der Waals surface area (Å²) < 4.78 is 0. The lowest BCUT2D eigenvalue weighted by Crippen LogP contribution is -2.27. The van der Waals surface area contributed by atoms with E-state index in [-0.39, 0.29) is 6.04 Å². The fraction of sp³-hybridized carbons (Fsp3) is 0.167. The standard InChI is InChI=1S/C12H14N4/c1-2-4-10(16-13)9-5-3-6-11-12(9)15-8-7-14-11/h2-3,5-8,10,16H,1,4,13H2. The van der Waals surface area contributed by atoms with Crippen LogP contribution in [0.15, 0.2) is 43.2 Å². The van der Waals surface area contributed by atoms with Gasteiger partial charge in [0.15, 0.2) is 0 Å². The first-order chi connectivity index (χ1) is 7.86. The average Bonchev–Trinajstić information content (AvgIpc) is 2.35. The normalized spacial score (nSPS) is 12.6. The van der Waals surface area contributed by atoms with Gasteiger partial charge in [0.25, 0.3) is 0 Å². The zero-order chi connectivity index (χ0) is 11.4. The van der Waals surface area contributed by atoms with Crippen LogP contribution >= 0.6 is 0 Å². The van der Waals surface area contributed by atoms with Gasteiger partial charge in [-0.05, 0) is 18.1 Å². The first-order valence-electron chi connectivity index (χ1n) is 5.13. The maximum absolute atomic E-state index is 5.54. The molecule has 0 radical (unpaired) electrons. The first kappa shape index (κ1) is 10.7. The van der Waals surface area contributed by atoms with E-state index in [9.17, 15) is 0 Å². The molecule has 82 valence electrons. The molecule has 1 aromatic carbocycles. The fourth-order valence-corrected chi connectivity index (χ4v) is 1.75. The van der Waals surface area contributed by atoms with Crippen molar-refractivity contribution >= 4 is 11.0 Å². The highest BCUT2D eigenvalue weighted by Crippen LogP contribution is 2.22. The van der Waals surface area contributed by atoms with Crippen molar-refractivity contribution in [1.82, 2.24) is 15.4 Å². The van der Waals surface area contributed by atoms with Crippen LogP contribution in [0.25, 0.3) is 11.0 Å². The molecule has 3 N–H and O–H groups in total. The number of hydrogen-bond donors (Lipinski definition) is 2. The molecule has 4 heteroatoms. The van der Waals surface area contributed by atoms with Gasteiger partial charge in [-0.25, -0.2) is 0 Å². The molecule has 1 atom stereocenters. The smallest absolute Gasteiger partial charge is 0.0935 e. The number of aromatic nitrogens is 2. The quantitative estimate of drug-likeness (QED) is 0.462. The van der Waals surface area contributed by atoms with E-state index in [1.165, 1.54) is 0 Å². The van der Waals surface area contributed by atoms with Crippen molar-refractivity contribution in [3.8, 4) is 0 Å². The van der Waals surface area contributed by atoms with E-state index in [0.29, 0.717) is 0 Å². The van der Waals surface area contributed by atoms with Gasteiger partial charge in [0.1, 0.15) is 0 Å². The van der Waals surface area contributed by atoms with Crippen LogP contribution in [0.3, 0.4) is 0 Å². The molecule has 0 aliphatic heterocycles. The van der Waals surface area contributed by atoms with E-state index in [2.05, 4.69) is 22.0 Å². The number of benzene rings is 1. The molecule has 1 aromatic heterocycles. The Bertz CT molecular complexity index is 490. The van der Waals surface area contributed by atoms with E-state index in [4.69, 9.17) is 5.84 Å². The van der Waals surface area contributed by atoms with Gasteiger partial charge in [0.2, 0.25) is 0 Å². The lowest BCUT2D eigenvalue weighted by molar-refractivity contribution is 0.564. The topological polar surface area (TPSA) is 63.8 Å². The van der Waals surface area contributed by atoms with Crippen LogP contribution in [-0.2, 0) is 0 Å². The van der Waals surface area contributed by atoms with Gasteiger partial charge in [-0.3, -0.25) is 21.2 Å². The number of nitrogens with one attached hydrogen (secondary N) is 1. The maximum Gasteiger partial charge on any atom is 0.0935 e. The molecule has 0 aliphatic carbocycles. The second kappa shape index (κ2) is 4.83. The summed E-state index contributed by atoms with van der Waals surface area (Å²) in [6.07, 6.45) is 5.96. The number of nitrogens with two attached hydrogens (primary N) is 1. The van der Waals surface area contributed by atoms with E-state index >= 15 is 0 Å². The van der Waals surface area contributed by atoms with Crippen molar-refractivity contribution < 1.29 is 0 Å². The molecule has 0 spiro atoms. The van der Waals surface area contributed by atoms with Gasteiger partial charge in [-0.1, -0.05) is 18.2 Å². The van der Waals surface area contributed by atoms with Crippen LogP contribution in [0.4, 0.5) is 0 Å². The molecule has 1 unspecified atom stereocenters. The summed E-state index contributed by atoms with van der Waals surface area (Å²) in [5.74, 6) is 5.54. The first-order valence-corrected chi connectivity index (χ1v) is 5.13.